The number of benzene rings is 1. The van der Waals surface area contributed by atoms with Gasteiger partial charge in [-0.25, -0.2) is 18.7 Å². The molecule has 2 aromatic heterocycles. The molecule has 1 amide bonds. The number of hydrogen-bond donors (Lipinski definition) is 0. The Morgan fingerprint density at radius 3 is 2.71 bits per heavy atom. The van der Waals surface area contributed by atoms with E-state index in [1.54, 1.807) is 4.90 Å². The molecule has 0 unspecified atom stereocenters. The molecule has 3 aromatic rings. The first-order chi connectivity index (χ1) is 17.6. The van der Waals surface area contributed by atoms with Gasteiger partial charge in [0, 0.05) is 74.7 Å². The Morgan fingerprint density at radius 1 is 1.18 bits per heavy atom. The maximum absolute atomic E-state index is 14.0. The van der Waals surface area contributed by atoms with Crippen molar-refractivity contribution in [2.24, 2.45) is 6.98 Å². The molecule has 0 bridgehead atoms. The van der Waals surface area contributed by atoms with E-state index in [1.165, 1.54) is 25.4 Å². The smallest absolute Gasteiger partial charge is 0.219 e. The topological polar surface area (TPSA) is 76.4 Å². The van der Waals surface area contributed by atoms with Gasteiger partial charge >= 0.3 is 0 Å². The average molecular weight is 472 g/mol. The highest BCUT2D eigenvalue weighted by molar-refractivity contribution is 5.74. The average Bonchev–Trinajstić information content (AvgIpc) is 3.36. The molecule has 0 saturated carbocycles. The fraction of sp³-hybridized carbons (Fsp3) is 0.417. The first-order valence-electron chi connectivity index (χ1n) is 12.7. The Balaban J connectivity index is 1.42. The minimum Gasteiger partial charge on any atom is -0.487 e. The van der Waals surface area contributed by atoms with Crippen molar-refractivity contribution in [1.82, 2.24) is 24.6 Å². The molecule has 34 heavy (non-hydrogen) atoms. The number of hydrogen-bond acceptors (Lipinski definition) is 6. The number of ether oxygens (including phenoxy) is 1. The largest absolute Gasteiger partial charge is 0.487 e. The highest BCUT2D eigenvalue weighted by Crippen LogP contribution is 2.33. The Morgan fingerprint density at radius 2 is 2.00 bits per heavy atom. The van der Waals surface area contributed by atoms with Gasteiger partial charge in [-0.15, -0.1) is 0 Å². The third kappa shape index (κ3) is 4.44. The Labute approximate surface area is 200 Å². The molecule has 0 atom stereocenters. The van der Waals surface area contributed by atoms with Crippen molar-refractivity contribution < 1.29 is 22.4 Å². The maximum Gasteiger partial charge on any atom is 0.219 e. The number of aryl methyl sites for hydroxylation is 1. The lowest BCUT2D eigenvalue weighted by Crippen LogP contribution is -2.40. The molecular formula is C24H26F2N6O2. The van der Waals surface area contributed by atoms with E-state index in [9.17, 15) is 13.6 Å². The minimum atomic E-state index is -2.43. The zero-order chi connectivity index (χ0) is 26.3. The molecule has 1 saturated heterocycles. The van der Waals surface area contributed by atoms with E-state index in [-0.39, 0.29) is 17.8 Å². The van der Waals surface area contributed by atoms with Gasteiger partial charge in [-0.1, -0.05) is 0 Å². The van der Waals surface area contributed by atoms with Crippen LogP contribution in [0.25, 0.3) is 11.3 Å². The normalized spacial score (nSPS) is 18.1. The summed E-state index contributed by atoms with van der Waals surface area (Å²) in [5.41, 5.74) is 2.47. The van der Waals surface area contributed by atoms with Gasteiger partial charge in [0.25, 0.3) is 0 Å². The van der Waals surface area contributed by atoms with Crippen LogP contribution in [0.15, 0.2) is 30.6 Å². The van der Waals surface area contributed by atoms with Gasteiger partial charge in [0.2, 0.25) is 5.91 Å². The second-order valence-corrected chi connectivity index (χ2v) is 8.53. The SMILES string of the molecule is [2H]C([2H])([2H])n1cc(-c2nc3c(nc2N2CCC(Oc4ccc(F)cc4F)CC2)CCN(C(C)=O)C3)cn1. The number of carbonyl (C=O) groups excluding carboxylic acids is 1. The molecule has 2 aliphatic rings. The van der Waals surface area contributed by atoms with E-state index < -0.39 is 18.6 Å². The fourth-order valence-electron chi connectivity index (χ4n) is 4.39. The van der Waals surface area contributed by atoms with Gasteiger partial charge in [0.05, 0.1) is 24.1 Å². The van der Waals surface area contributed by atoms with E-state index in [1.807, 2.05) is 4.90 Å². The lowest BCUT2D eigenvalue weighted by Gasteiger charge is -2.35. The second-order valence-electron chi connectivity index (χ2n) is 8.53. The van der Waals surface area contributed by atoms with Gasteiger partial charge in [-0.05, 0) is 12.1 Å². The predicted molar refractivity (Wildman–Crippen MR) is 121 cm³/mol. The molecular weight excluding hydrogens is 442 g/mol. The van der Waals surface area contributed by atoms with E-state index in [2.05, 4.69) is 5.10 Å². The quantitative estimate of drug-likeness (QED) is 0.582. The van der Waals surface area contributed by atoms with Crippen LogP contribution in [-0.2, 0) is 24.7 Å². The van der Waals surface area contributed by atoms with Crippen LogP contribution < -0.4 is 9.64 Å². The summed E-state index contributed by atoms with van der Waals surface area (Å²) in [5, 5.41) is 4.00. The van der Waals surface area contributed by atoms with Crippen LogP contribution in [0.5, 0.6) is 5.75 Å². The molecule has 1 aromatic carbocycles. The van der Waals surface area contributed by atoms with E-state index in [4.69, 9.17) is 18.8 Å². The molecule has 0 aliphatic carbocycles. The fourth-order valence-corrected chi connectivity index (χ4v) is 4.39. The summed E-state index contributed by atoms with van der Waals surface area (Å²) in [4.78, 5) is 25.4. The monoisotopic (exact) mass is 471 g/mol. The van der Waals surface area contributed by atoms with Gasteiger partial charge in [0.15, 0.2) is 17.4 Å². The molecule has 4 heterocycles. The van der Waals surface area contributed by atoms with Crippen molar-refractivity contribution in [1.29, 1.82) is 0 Å². The summed E-state index contributed by atoms with van der Waals surface area (Å²) in [6.45, 7) is 1.04. The molecule has 178 valence electrons. The van der Waals surface area contributed by atoms with Crippen LogP contribution in [0.3, 0.4) is 0 Å². The number of fused-ring (bicyclic) bond motifs is 1. The molecule has 2 aliphatic heterocycles. The number of rotatable bonds is 4. The third-order valence-corrected chi connectivity index (χ3v) is 6.22. The number of halogens is 2. The number of carbonyl (C=O) groups is 1. The summed E-state index contributed by atoms with van der Waals surface area (Å²) in [6.07, 6.45) is 4.32. The van der Waals surface area contributed by atoms with Crippen molar-refractivity contribution >= 4 is 11.7 Å². The molecule has 0 N–H and O–H groups in total. The molecule has 8 nitrogen and oxygen atoms in total. The number of anilines is 1. The van der Waals surface area contributed by atoms with Gasteiger partial charge < -0.3 is 14.5 Å². The highest BCUT2D eigenvalue weighted by Gasteiger charge is 2.29. The Kier molecular flexibility index (Phi) is 4.98. The molecule has 10 heteroatoms. The van der Waals surface area contributed by atoms with Crippen LogP contribution in [0.1, 0.15) is 35.3 Å². The van der Waals surface area contributed by atoms with Crippen molar-refractivity contribution in [2.75, 3.05) is 24.5 Å². The van der Waals surface area contributed by atoms with E-state index >= 15 is 0 Å². The zero-order valence-electron chi connectivity index (χ0n) is 21.7. The van der Waals surface area contributed by atoms with Gasteiger partial charge in [-0.2, -0.15) is 5.10 Å². The number of piperidine rings is 1. The zero-order valence-corrected chi connectivity index (χ0v) is 18.7. The summed E-state index contributed by atoms with van der Waals surface area (Å²) in [7, 11) is 0. The first-order valence-corrected chi connectivity index (χ1v) is 11.2. The lowest BCUT2D eigenvalue weighted by molar-refractivity contribution is -0.129. The standard InChI is InChI=1S/C24H26F2N6O2/c1-15(33)32-10-7-20-21(14-32)28-23(16-12-27-30(2)13-16)24(29-20)31-8-5-18(6-9-31)34-22-4-3-17(25)11-19(22)26/h3-4,11-13,18H,5-10,14H2,1-2H3/i2D3. The predicted octanol–water partition coefficient (Wildman–Crippen LogP) is 3.11. The van der Waals surface area contributed by atoms with Crippen LogP contribution >= 0.6 is 0 Å². The maximum atomic E-state index is 14.0. The van der Waals surface area contributed by atoms with Crippen molar-refractivity contribution in [3.8, 4) is 17.0 Å². The summed E-state index contributed by atoms with van der Waals surface area (Å²) in [5.74, 6) is -0.830. The van der Waals surface area contributed by atoms with E-state index in [0.29, 0.717) is 68.2 Å². The Hall–Kier alpha value is -3.56. The van der Waals surface area contributed by atoms with Crippen molar-refractivity contribution in [2.45, 2.75) is 38.8 Å². The molecule has 0 radical (unpaired) electrons. The van der Waals surface area contributed by atoms with Crippen molar-refractivity contribution in [3.05, 3.63) is 53.6 Å². The third-order valence-electron chi connectivity index (χ3n) is 6.22. The number of amides is 1. The highest BCUT2D eigenvalue weighted by atomic mass is 19.1. The number of aromatic nitrogens is 4. The minimum absolute atomic E-state index is 0.0150. The van der Waals surface area contributed by atoms with Crippen molar-refractivity contribution in [3.63, 3.8) is 0 Å². The van der Waals surface area contributed by atoms with Crippen LogP contribution in [0.4, 0.5) is 14.6 Å². The summed E-state index contributed by atoms with van der Waals surface area (Å²) in [6, 6.07) is 3.25. The molecule has 1 fully saturated rings. The van der Waals surface area contributed by atoms with Crippen LogP contribution in [-0.4, -0.2) is 56.3 Å². The van der Waals surface area contributed by atoms with Crippen LogP contribution in [0, 0.1) is 11.6 Å². The summed E-state index contributed by atoms with van der Waals surface area (Å²) >= 11 is 0. The van der Waals surface area contributed by atoms with E-state index in [0.717, 1.165) is 22.5 Å². The lowest BCUT2D eigenvalue weighted by atomic mass is 10.1. The summed E-state index contributed by atoms with van der Waals surface area (Å²) < 4.78 is 56.9. The molecule has 0 spiro atoms. The number of nitrogens with zero attached hydrogens (tertiary/aromatic N) is 6. The Bertz CT molecular complexity index is 1320. The second kappa shape index (κ2) is 9.00. The first kappa shape index (κ1) is 18.8. The van der Waals surface area contributed by atoms with Crippen LogP contribution in [0.2, 0.25) is 0 Å². The van der Waals surface area contributed by atoms with Gasteiger partial charge in [-0.3, -0.25) is 9.48 Å². The molecule has 5 rings (SSSR count). The van der Waals surface area contributed by atoms with Gasteiger partial charge in [0.1, 0.15) is 17.6 Å².